The number of amides is 1. The highest BCUT2D eigenvalue weighted by molar-refractivity contribution is 9.10. The number of rotatable bonds is 6. The molecule has 0 spiro atoms. The molecule has 3 rings (SSSR count). The van der Waals surface area contributed by atoms with Crippen molar-refractivity contribution in [3.63, 3.8) is 0 Å². The highest BCUT2D eigenvalue weighted by atomic mass is 79.9. The number of anilines is 2. The molecule has 1 N–H and O–H groups in total. The van der Waals surface area contributed by atoms with E-state index in [1.54, 1.807) is 66.7 Å². The standard InChI is InChI=1S/C20H16BrClN2O3S/c21-15-9-11-18(12-10-15)24(28(26,27)19-7-2-1-3-8-19)14-20(25)23-17-6-4-5-16(22)13-17/h1-13H,14H2,(H,23,25). The first-order valence-corrected chi connectivity index (χ1v) is 10.9. The minimum Gasteiger partial charge on any atom is -0.324 e. The van der Waals surface area contributed by atoms with E-state index < -0.39 is 15.9 Å². The molecule has 5 nitrogen and oxygen atoms in total. The van der Waals surface area contributed by atoms with Crippen molar-refractivity contribution in [2.24, 2.45) is 0 Å². The van der Waals surface area contributed by atoms with Crippen LogP contribution in [0.25, 0.3) is 0 Å². The smallest absolute Gasteiger partial charge is 0.264 e. The van der Waals surface area contributed by atoms with Crippen molar-refractivity contribution in [3.05, 3.63) is 88.4 Å². The molecular weight excluding hydrogens is 464 g/mol. The summed E-state index contributed by atoms with van der Waals surface area (Å²) in [5.41, 5.74) is 0.874. The SMILES string of the molecule is O=C(CN(c1ccc(Br)cc1)S(=O)(=O)c1ccccc1)Nc1cccc(Cl)c1. The number of sulfonamides is 1. The van der Waals surface area contributed by atoms with Gasteiger partial charge in [-0.2, -0.15) is 0 Å². The molecule has 0 saturated carbocycles. The Morgan fingerprint density at radius 1 is 0.964 bits per heavy atom. The maximum Gasteiger partial charge on any atom is 0.264 e. The predicted molar refractivity (Wildman–Crippen MR) is 115 cm³/mol. The van der Waals surface area contributed by atoms with Gasteiger partial charge < -0.3 is 5.32 Å². The van der Waals surface area contributed by atoms with E-state index in [9.17, 15) is 13.2 Å². The van der Waals surface area contributed by atoms with Crippen molar-refractivity contribution in [1.82, 2.24) is 0 Å². The van der Waals surface area contributed by atoms with E-state index in [0.29, 0.717) is 16.4 Å². The van der Waals surface area contributed by atoms with E-state index in [1.165, 1.54) is 12.1 Å². The average Bonchev–Trinajstić information content (AvgIpc) is 2.67. The highest BCUT2D eigenvalue weighted by Crippen LogP contribution is 2.25. The van der Waals surface area contributed by atoms with E-state index in [1.807, 2.05) is 0 Å². The zero-order valence-electron chi connectivity index (χ0n) is 14.5. The van der Waals surface area contributed by atoms with Gasteiger partial charge in [0.05, 0.1) is 10.6 Å². The summed E-state index contributed by atoms with van der Waals surface area (Å²) in [4.78, 5) is 12.7. The molecule has 0 aliphatic rings. The summed E-state index contributed by atoms with van der Waals surface area (Å²) in [5, 5.41) is 3.15. The van der Waals surface area contributed by atoms with Crippen molar-refractivity contribution < 1.29 is 13.2 Å². The van der Waals surface area contributed by atoms with Gasteiger partial charge in [0, 0.05) is 15.2 Å². The monoisotopic (exact) mass is 478 g/mol. The lowest BCUT2D eigenvalue weighted by Crippen LogP contribution is -2.38. The van der Waals surface area contributed by atoms with Crippen LogP contribution in [0.5, 0.6) is 0 Å². The lowest BCUT2D eigenvalue weighted by Gasteiger charge is -2.24. The van der Waals surface area contributed by atoms with Gasteiger partial charge in [0.25, 0.3) is 10.0 Å². The van der Waals surface area contributed by atoms with E-state index >= 15 is 0 Å². The van der Waals surface area contributed by atoms with E-state index in [4.69, 9.17) is 11.6 Å². The fraction of sp³-hybridized carbons (Fsp3) is 0.0500. The van der Waals surface area contributed by atoms with Gasteiger partial charge in [-0.1, -0.05) is 51.8 Å². The molecule has 28 heavy (non-hydrogen) atoms. The van der Waals surface area contributed by atoms with Gasteiger partial charge in [0.1, 0.15) is 6.54 Å². The number of carbonyl (C=O) groups excluding carboxylic acids is 1. The highest BCUT2D eigenvalue weighted by Gasteiger charge is 2.27. The Labute approximate surface area is 177 Å². The zero-order chi connectivity index (χ0) is 20.1. The quantitative estimate of drug-likeness (QED) is 0.545. The van der Waals surface area contributed by atoms with E-state index in [2.05, 4.69) is 21.2 Å². The van der Waals surface area contributed by atoms with Crippen LogP contribution in [0.4, 0.5) is 11.4 Å². The largest absolute Gasteiger partial charge is 0.324 e. The molecule has 0 saturated heterocycles. The summed E-state index contributed by atoms with van der Waals surface area (Å²) in [6.45, 7) is -0.384. The molecule has 0 unspecified atom stereocenters. The molecule has 0 bridgehead atoms. The summed E-state index contributed by atoms with van der Waals surface area (Å²) < 4.78 is 28.2. The Hall–Kier alpha value is -2.35. The van der Waals surface area contributed by atoms with Crippen LogP contribution in [-0.2, 0) is 14.8 Å². The van der Waals surface area contributed by atoms with Gasteiger partial charge in [0.15, 0.2) is 0 Å². The molecular formula is C20H16BrClN2O3S. The first-order valence-electron chi connectivity index (χ1n) is 8.25. The van der Waals surface area contributed by atoms with Crippen molar-refractivity contribution in [2.75, 3.05) is 16.2 Å². The number of nitrogens with zero attached hydrogens (tertiary/aromatic N) is 1. The van der Waals surface area contributed by atoms with Crippen molar-refractivity contribution in [2.45, 2.75) is 4.90 Å². The number of carbonyl (C=O) groups is 1. The second-order valence-electron chi connectivity index (χ2n) is 5.86. The number of nitrogens with one attached hydrogen (secondary N) is 1. The van der Waals surface area contributed by atoms with E-state index in [0.717, 1.165) is 8.78 Å². The Bertz CT molecular complexity index is 1070. The molecule has 0 fully saturated rings. The second-order valence-corrected chi connectivity index (χ2v) is 9.07. The third-order valence-electron chi connectivity index (χ3n) is 3.84. The Balaban J connectivity index is 1.92. The molecule has 0 atom stereocenters. The topological polar surface area (TPSA) is 66.5 Å². The molecule has 3 aromatic carbocycles. The maximum atomic E-state index is 13.2. The Kier molecular flexibility index (Phi) is 6.39. The lowest BCUT2D eigenvalue weighted by atomic mass is 10.3. The number of benzene rings is 3. The molecule has 144 valence electrons. The van der Waals surface area contributed by atoms with Crippen molar-refractivity contribution in [1.29, 1.82) is 0 Å². The number of halogens is 2. The fourth-order valence-electron chi connectivity index (χ4n) is 2.54. The van der Waals surface area contributed by atoms with Gasteiger partial charge in [-0.25, -0.2) is 8.42 Å². The van der Waals surface area contributed by atoms with Crippen LogP contribution in [0.1, 0.15) is 0 Å². The molecule has 0 aromatic heterocycles. The van der Waals surface area contributed by atoms with Gasteiger partial charge in [0.2, 0.25) is 5.91 Å². The maximum absolute atomic E-state index is 13.2. The molecule has 1 amide bonds. The van der Waals surface area contributed by atoms with Crippen LogP contribution in [0.2, 0.25) is 5.02 Å². The summed E-state index contributed by atoms with van der Waals surface area (Å²) >= 11 is 9.27. The number of hydrogen-bond donors (Lipinski definition) is 1. The van der Waals surface area contributed by atoms with Crippen LogP contribution >= 0.6 is 27.5 Å². The minimum absolute atomic E-state index is 0.105. The van der Waals surface area contributed by atoms with Crippen molar-refractivity contribution >= 4 is 54.8 Å². The van der Waals surface area contributed by atoms with Gasteiger partial charge >= 0.3 is 0 Å². The number of hydrogen-bond acceptors (Lipinski definition) is 3. The zero-order valence-corrected chi connectivity index (χ0v) is 17.7. The predicted octanol–water partition coefficient (Wildman–Crippen LogP) is 4.94. The first-order chi connectivity index (χ1) is 13.4. The average molecular weight is 480 g/mol. The van der Waals surface area contributed by atoms with Gasteiger partial charge in [-0.3, -0.25) is 9.10 Å². The van der Waals surface area contributed by atoms with E-state index in [-0.39, 0.29) is 11.4 Å². The van der Waals surface area contributed by atoms with Crippen LogP contribution < -0.4 is 9.62 Å². The molecule has 3 aromatic rings. The first kappa shape index (κ1) is 20.4. The van der Waals surface area contributed by atoms with Crippen molar-refractivity contribution in [3.8, 4) is 0 Å². The summed E-state index contributed by atoms with van der Waals surface area (Å²) in [7, 11) is -3.93. The minimum atomic E-state index is -3.93. The van der Waals surface area contributed by atoms with Crippen LogP contribution in [0, 0.1) is 0 Å². The summed E-state index contributed by atoms with van der Waals surface area (Å²) in [6.07, 6.45) is 0. The third-order valence-corrected chi connectivity index (χ3v) is 6.39. The summed E-state index contributed by atoms with van der Waals surface area (Å²) in [5.74, 6) is -0.482. The fourth-order valence-corrected chi connectivity index (χ4v) is 4.44. The summed E-state index contributed by atoms with van der Waals surface area (Å²) in [6, 6.07) is 21.4. The molecule has 0 aliphatic heterocycles. The normalized spacial score (nSPS) is 11.1. The molecule has 0 aliphatic carbocycles. The second kappa shape index (κ2) is 8.77. The Morgan fingerprint density at radius 3 is 2.29 bits per heavy atom. The molecule has 0 radical (unpaired) electrons. The third kappa shape index (κ3) is 4.92. The molecule has 0 heterocycles. The van der Waals surface area contributed by atoms with Gasteiger partial charge in [-0.15, -0.1) is 0 Å². The lowest BCUT2D eigenvalue weighted by molar-refractivity contribution is -0.114. The van der Waals surface area contributed by atoms with Crippen LogP contribution in [-0.4, -0.2) is 20.9 Å². The molecule has 8 heteroatoms. The van der Waals surface area contributed by atoms with Crippen LogP contribution in [0.3, 0.4) is 0 Å². The Morgan fingerprint density at radius 2 is 1.64 bits per heavy atom. The van der Waals surface area contributed by atoms with Gasteiger partial charge in [-0.05, 0) is 54.6 Å². The van der Waals surface area contributed by atoms with Crippen LogP contribution in [0.15, 0.2) is 88.2 Å².